The van der Waals surface area contributed by atoms with Crippen molar-refractivity contribution in [3.05, 3.63) is 55.9 Å². The van der Waals surface area contributed by atoms with Crippen LogP contribution in [-0.2, 0) is 6.54 Å². The van der Waals surface area contributed by atoms with Crippen LogP contribution in [0.2, 0.25) is 5.02 Å². The summed E-state index contributed by atoms with van der Waals surface area (Å²) in [5.74, 6) is 1.33. The summed E-state index contributed by atoms with van der Waals surface area (Å²) in [6.45, 7) is 0.486. The van der Waals surface area contributed by atoms with Crippen molar-refractivity contribution in [2.45, 2.75) is 6.54 Å². The second kappa shape index (κ2) is 6.06. The van der Waals surface area contributed by atoms with Crippen LogP contribution in [0.25, 0.3) is 0 Å². The van der Waals surface area contributed by atoms with Gasteiger partial charge >= 0.3 is 0 Å². The van der Waals surface area contributed by atoms with Crippen molar-refractivity contribution in [2.24, 2.45) is 5.73 Å². The van der Waals surface area contributed by atoms with Crippen LogP contribution in [0, 0.1) is 0 Å². The highest BCUT2D eigenvalue weighted by atomic mass is 79.9. The van der Waals surface area contributed by atoms with Crippen LogP contribution in [0.3, 0.4) is 0 Å². The number of hydrogen-bond acceptors (Lipinski definition) is 2. The molecule has 0 spiro atoms. The number of halogens is 3. The van der Waals surface area contributed by atoms with Crippen molar-refractivity contribution in [1.82, 2.24) is 0 Å². The molecule has 0 unspecified atom stereocenters. The smallest absolute Gasteiger partial charge is 0.146 e. The van der Waals surface area contributed by atoms with Gasteiger partial charge in [0.2, 0.25) is 0 Å². The van der Waals surface area contributed by atoms with E-state index >= 15 is 0 Å². The van der Waals surface area contributed by atoms with E-state index in [0.29, 0.717) is 23.1 Å². The van der Waals surface area contributed by atoms with Gasteiger partial charge < -0.3 is 10.5 Å². The van der Waals surface area contributed by atoms with Crippen molar-refractivity contribution in [1.29, 1.82) is 0 Å². The highest BCUT2D eigenvalue weighted by Gasteiger charge is 2.05. The zero-order chi connectivity index (χ0) is 13.1. The van der Waals surface area contributed by atoms with Crippen LogP contribution in [0.15, 0.2) is 45.3 Å². The molecule has 0 bridgehead atoms. The molecular formula is C13H10Br2ClNO. The van der Waals surface area contributed by atoms with Gasteiger partial charge in [-0.15, -0.1) is 0 Å². The zero-order valence-corrected chi connectivity index (χ0v) is 13.2. The summed E-state index contributed by atoms with van der Waals surface area (Å²) in [5, 5.41) is 0.559. The lowest BCUT2D eigenvalue weighted by Gasteiger charge is -2.09. The van der Waals surface area contributed by atoms with Gasteiger partial charge in [0.15, 0.2) is 0 Å². The van der Waals surface area contributed by atoms with Gasteiger partial charge in [-0.05, 0) is 35.9 Å². The largest absolute Gasteiger partial charge is 0.456 e. The molecule has 2 nitrogen and oxygen atoms in total. The molecule has 0 heterocycles. The molecule has 0 aliphatic carbocycles. The van der Waals surface area contributed by atoms with Crippen molar-refractivity contribution >= 4 is 43.5 Å². The lowest BCUT2D eigenvalue weighted by molar-refractivity contribution is 0.482. The maximum absolute atomic E-state index is 6.09. The molecule has 0 aliphatic rings. The first-order chi connectivity index (χ1) is 8.60. The zero-order valence-electron chi connectivity index (χ0n) is 9.29. The predicted molar refractivity (Wildman–Crippen MR) is 81.3 cm³/mol. The number of benzene rings is 2. The molecule has 0 aromatic heterocycles. The molecule has 0 aliphatic heterocycles. The third-order valence-electron chi connectivity index (χ3n) is 2.37. The number of ether oxygens (including phenoxy) is 1. The molecule has 2 N–H and O–H groups in total. The van der Waals surface area contributed by atoms with E-state index in [1.54, 1.807) is 6.07 Å². The molecule has 0 amide bonds. The Morgan fingerprint density at radius 1 is 1.11 bits per heavy atom. The highest BCUT2D eigenvalue weighted by Crippen LogP contribution is 2.33. The molecule has 2 rings (SSSR count). The minimum absolute atomic E-state index is 0.486. The van der Waals surface area contributed by atoms with Gasteiger partial charge in [0, 0.05) is 15.5 Å². The molecule has 0 radical (unpaired) electrons. The number of hydrogen-bond donors (Lipinski definition) is 1. The van der Waals surface area contributed by atoms with Crippen LogP contribution in [-0.4, -0.2) is 0 Å². The van der Waals surface area contributed by atoms with Crippen LogP contribution in [0.1, 0.15) is 5.56 Å². The lowest BCUT2D eigenvalue weighted by atomic mass is 10.2. The fraction of sp³-hybridized carbons (Fsp3) is 0.0769. The molecular weight excluding hydrogens is 381 g/mol. The monoisotopic (exact) mass is 389 g/mol. The Labute approximate surface area is 127 Å². The van der Waals surface area contributed by atoms with E-state index in [1.165, 1.54) is 0 Å². The van der Waals surface area contributed by atoms with Crippen LogP contribution >= 0.6 is 43.5 Å². The first-order valence-electron chi connectivity index (χ1n) is 5.21. The van der Waals surface area contributed by atoms with Crippen LogP contribution in [0.4, 0.5) is 0 Å². The summed E-state index contributed by atoms with van der Waals surface area (Å²) < 4.78 is 7.56. The summed E-state index contributed by atoms with van der Waals surface area (Å²) in [6.07, 6.45) is 0. The maximum Gasteiger partial charge on any atom is 0.146 e. The van der Waals surface area contributed by atoms with Crippen molar-refractivity contribution in [2.75, 3.05) is 0 Å². The maximum atomic E-state index is 6.09. The van der Waals surface area contributed by atoms with Gasteiger partial charge in [0.05, 0.1) is 5.02 Å². The molecule has 0 atom stereocenters. The molecule has 0 saturated heterocycles. The SMILES string of the molecule is NCc1ccc(Oc2ccc(Br)cc2Cl)cc1Br. The third-order valence-corrected chi connectivity index (χ3v) is 3.89. The topological polar surface area (TPSA) is 35.2 Å². The van der Waals surface area contributed by atoms with Gasteiger partial charge in [-0.2, -0.15) is 0 Å². The molecule has 0 fully saturated rings. The van der Waals surface area contributed by atoms with Crippen LogP contribution < -0.4 is 10.5 Å². The fourth-order valence-corrected chi connectivity index (χ4v) is 2.67. The quantitative estimate of drug-likeness (QED) is 0.789. The molecule has 5 heteroatoms. The minimum atomic E-state index is 0.486. The normalized spacial score (nSPS) is 10.4. The Hall–Kier alpha value is -0.550. The second-order valence-corrected chi connectivity index (χ2v) is 5.81. The standard InChI is InChI=1S/C13H10Br2ClNO/c14-9-2-4-13(12(16)5-9)18-10-3-1-8(7-17)11(15)6-10/h1-6H,7,17H2. The number of nitrogens with two attached hydrogens (primary N) is 1. The lowest BCUT2D eigenvalue weighted by Crippen LogP contribution is -1.97. The summed E-state index contributed by atoms with van der Waals surface area (Å²) in [5.41, 5.74) is 6.63. The molecule has 0 saturated carbocycles. The summed E-state index contributed by atoms with van der Waals surface area (Å²) in [4.78, 5) is 0. The Bertz CT molecular complexity index is 575. The van der Waals surface area contributed by atoms with E-state index in [-0.39, 0.29) is 0 Å². The Morgan fingerprint density at radius 2 is 1.89 bits per heavy atom. The average molecular weight is 391 g/mol. The minimum Gasteiger partial charge on any atom is -0.456 e. The first kappa shape index (κ1) is 13.9. The average Bonchev–Trinajstić information content (AvgIpc) is 2.33. The van der Waals surface area contributed by atoms with Gasteiger partial charge in [0.1, 0.15) is 11.5 Å². The van der Waals surface area contributed by atoms with E-state index in [1.807, 2.05) is 30.3 Å². The third kappa shape index (κ3) is 3.26. The summed E-state index contributed by atoms with van der Waals surface area (Å²) in [7, 11) is 0. The molecule has 2 aromatic carbocycles. The Morgan fingerprint density at radius 3 is 2.50 bits per heavy atom. The first-order valence-corrected chi connectivity index (χ1v) is 7.18. The van der Waals surface area contributed by atoms with Gasteiger partial charge in [-0.1, -0.05) is 49.5 Å². The molecule has 18 heavy (non-hydrogen) atoms. The van der Waals surface area contributed by atoms with Crippen molar-refractivity contribution in [3.63, 3.8) is 0 Å². The molecule has 2 aromatic rings. The second-order valence-electron chi connectivity index (χ2n) is 3.63. The highest BCUT2D eigenvalue weighted by molar-refractivity contribution is 9.10. The van der Waals surface area contributed by atoms with Crippen LogP contribution in [0.5, 0.6) is 11.5 Å². The van der Waals surface area contributed by atoms with Gasteiger partial charge in [-0.3, -0.25) is 0 Å². The van der Waals surface area contributed by atoms with E-state index < -0.39 is 0 Å². The predicted octanol–water partition coefficient (Wildman–Crippen LogP) is 5.12. The van der Waals surface area contributed by atoms with E-state index in [2.05, 4.69) is 31.9 Å². The summed E-state index contributed by atoms with van der Waals surface area (Å²) in [6, 6.07) is 11.2. The molecule has 94 valence electrons. The van der Waals surface area contributed by atoms with E-state index in [4.69, 9.17) is 22.1 Å². The van der Waals surface area contributed by atoms with Crippen molar-refractivity contribution < 1.29 is 4.74 Å². The van der Waals surface area contributed by atoms with E-state index in [9.17, 15) is 0 Å². The number of rotatable bonds is 3. The fourth-order valence-electron chi connectivity index (χ4n) is 1.44. The van der Waals surface area contributed by atoms with E-state index in [0.717, 1.165) is 14.5 Å². The van der Waals surface area contributed by atoms with Crippen molar-refractivity contribution in [3.8, 4) is 11.5 Å². The Kier molecular flexibility index (Phi) is 4.67. The summed E-state index contributed by atoms with van der Waals surface area (Å²) >= 11 is 12.9. The van der Waals surface area contributed by atoms with Gasteiger partial charge in [0.25, 0.3) is 0 Å². The Balaban J connectivity index is 2.26. The van der Waals surface area contributed by atoms with Gasteiger partial charge in [-0.25, -0.2) is 0 Å².